The van der Waals surface area contributed by atoms with Crippen molar-refractivity contribution in [2.75, 3.05) is 0 Å². The molecular formula is C15H12Cl2O. The fourth-order valence-corrected chi connectivity index (χ4v) is 2.36. The quantitative estimate of drug-likeness (QED) is 0.734. The van der Waals surface area contributed by atoms with Crippen LogP contribution in [0.4, 0.5) is 0 Å². The van der Waals surface area contributed by atoms with Gasteiger partial charge in [0.1, 0.15) is 0 Å². The first-order chi connectivity index (χ1) is 8.68. The van der Waals surface area contributed by atoms with Gasteiger partial charge < -0.3 is 0 Å². The summed E-state index contributed by atoms with van der Waals surface area (Å²) in [4.78, 5) is 12.0. The van der Waals surface area contributed by atoms with Gasteiger partial charge in [-0.1, -0.05) is 59.6 Å². The highest BCUT2D eigenvalue weighted by Gasteiger charge is 2.09. The van der Waals surface area contributed by atoms with Gasteiger partial charge in [0.2, 0.25) is 0 Å². The van der Waals surface area contributed by atoms with E-state index in [0.717, 1.165) is 11.1 Å². The second kappa shape index (κ2) is 6.03. The smallest absolute Gasteiger partial charge is 0.163 e. The van der Waals surface area contributed by atoms with E-state index in [1.165, 1.54) is 0 Å². The maximum atomic E-state index is 12.0. The monoisotopic (exact) mass is 278 g/mol. The van der Waals surface area contributed by atoms with Crippen LogP contribution in [-0.2, 0) is 6.42 Å². The van der Waals surface area contributed by atoms with Crippen molar-refractivity contribution in [3.63, 3.8) is 0 Å². The van der Waals surface area contributed by atoms with Gasteiger partial charge in [-0.15, -0.1) is 0 Å². The van der Waals surface area contributed by atoms with Gasteiger partial charge >= 0.3 is 0 Å². The van der Waals surface area contributed by atoms with Gasteiger partial charge in [-0.05, 0) is 24.1 Å². The van der Waals surface area contributed by atoms with E-state index in [0.29, 0.717) is 22.9 Å². The summed E-state index contributed by atoms with van der Waals surface area (Å²) in [5.74, 6) is 0.103. The molecule has 0 unspecified atom stereocenters. The average molecular weight is 279 g/mol. The molecule has 0 N–H and O–H groups in total. The molecule has 92 valence electrons. The molecule has 0 bridgehead atoms. The van der Waals surface area contributed by atoms with Gasteiger partial charge in [0.25, 0.3) is 0 Å². The zero-order chi connectivity index (χ0) is 13.0. The summed E-state index contributed by atoms with van der Waals surface area (Å²) in [6, 6.07) is 14.6. The molecule has 0 heterocycles. The Kier molecular flexibility index (Phi) is 4.40. The van der Waals surface area contributed by atoms with Crippen LogP contribution >= 0.6 is 23.2 Å². The maximum absolute atomic E-state index is 12.0. The zero-order valence-corrected chi connectivity index (χ0v) is 11.2. The zero-order valence-electron chi connectivity index (χ0n) is 9.70. The minimum Gasteiger partial charge on any atom is -0.294 e. The van der Waals surface area contributed by atoms with Crippen molar-refractivity contribution in [1.82, 2.24) is 0 Å². The molecular weight excluding hydrogens is 267 g/mol. The standard InChI is InChI=1S/C15H12Cl2O/c16-13-7-4-8-14(17)12(13)9-10-15(18)11-5-2-1-3-6-11/h1-8H,9-10H2. The van der Waals surface area contributed by atoms with Gasteiger partial charge in [0.15, 0.2) is 5.78 Å². The third-order valence-electron chi connectivity index (χ3n) is 2.76. The molecule has 0 spiro atoms. The minimum absolute atomic E-state index is 0.103. The Morgan fingerprint density at radius 1 is 0.889 bits per heavy atom. The summed E-state index contributed by atoms with van der Waals surface area (Å²) in [7, 11) is 0. The molecule has 0 aliphatic carbocycles. The number of hydrogen-bond acceptors (Lipinski definition) is 1. The lowest BCUT2D eigenvalue weighted by molar-refractivity contribution is 0.0983. The molecule has 0 amide bonds. The van der Waals surface area contributed by atoms with Crippen LogP contribution < -0.4 is 0 Å². The number of ketones is 1. The van der Waals surface area contributed by atoms with Crippen LogP contribution in [0.15, 0.2) is 48.5 Å². The van der Waals surface area contributed by atoms with E-state index in [1.807, 2.05) is 30.3 Å². The van der Waals surface area contributed by atoms with E-state index < -0.39 is 0 Å². The summed E-state index contributed by atoms with van der Waals surface area (Å²) < 4.78 is 0. The van der Waals surface area contributed by atoms with E-state index in [2.05, 4.69) is 0 Å². The van der Waals surface area contributed by atoms with E-state index >= 15 is 0 Å². The van der Waals surface area contributed by atoms with Crippen molar-refractivity contribution in [2.24, 2.45) is 0 Å². The van der Waals surface area contributed by atoms with Crippen LogP contribution in [0.1, 0.15) is 22.3 Å². The number of carbonyl (C=O) groups is 1. The lowest BCUT2D eigenvalue weighted by Gasteiger charge is -2.06. The molecule has 0 saturated heterocycles. The molecule has 0 radical (unpaired) electrons. The van der Waals surface area contributed by atoms with Gasteiger partial charge in [-0.3, -0.25) is 4.79 Å². The first-order valence-electron chi connectivity index (χ1n) is 5.69. The lowest BCUT2D eigenvalue weighted by Crippen LogP contribution is -2.01. The van der Waals surface area contributed by atoms with Crippen molar-refractivity contribution >= 4 is 29.0 Å². The first kappa shape index (κ1) is 13.1. The third kappa shape index (κ3) is 3.12. The molecule has 0 aromatic heterocycles. The Balaban J connectivity index is 2.07. The van der Waals surface area contributed by atoms with E-state index in [4.69, 9.17) is 23.2 Å². The van der Waals surface area contributed by atoms with Crippen LogP contribution in [0.2, 0.25) is 10.0 Å². The maximum Gasteiger partial charge on any atom is 0.163 e. The van der Waals surface area contributed by atoms with Gasteiger partial charge in [-0.2, -0.15) is 0 Å². The predicted molar refractivity (Wildman–Crippen MR) is 75.6 cm³/mol. The largest absolute Gasteiger partial charge is 0.294 e. The molecule has 0 aliphatic heterocycles. The van der Waals surface area contributed by atoms with E-state index in [9.17, 15) is 4.79 Å². The van der Waals surface area contributed by atoms with Gasteiger partial charge in [0.05, 0.1) is 0 Å². The van der Waals surface area contributed by atoms with Crippen molar-refractivity contribution < 1.29 is 4.79 Å². The second-order valence-corrected chi connectivity index (χ2v) is 4.80. The fourth-order valence-electron chi connectivity index (χ4n) is 1.78. The third-order valence-corrected chi connectivity index (χ3v) is 3.47. The summed E-state index contributed by atoms with van der Waals surface area (Å²) in [5, 5.41) is 1.23. The number of hydrogen-bond donors (Lipinski definition) is 0. The first-order valence-corrected chi connectivity index (χ1v) is 6.45. The highest BCUT2D eigenvalue weighted by atomic mass is 35.5. The Bertz CT molecular complexity index is 529. The number of benzene rings is 2. The number of rotatable bonds is 4. The molecule has 0 aliphatic rings. The highest BCUT2D eigenvalue weighted by molar-refractivity contribution is 6.36. The van der Waals surface area contributed by atoms with Crippen LogP contribution in [0.5, 0.6) is 0 Å². The van der Waals surface area contributed by atoms with Crippen LogP contribution in [0.25, 0.3) is 0 Å². The van der Waals surface area contributed by atoms with Crippen LogP contribution in [-0.4, -0.2) is 5.78 Å². The van der Waals surface area contributed by atoms with Crippen LogP contribution in [0.3, 0.4) is 0 Å². The number of Topliss-reactive ketones (excluding diaryl/α,β-unsaturated/α-hetero) is 1. The number of halogens is 2. The van der Waals surface area contributed by atoms with Crippen molar-refractivity contribution in [2.45, 2.75) is 12.8 Å². The second-order valence-electron chi connectivity index (χ2n) is 3.99. The highest BCUT2D eigenvalue weighted by Crippen LogP contribution is 2.25. The Labute approximate surface area is 116 Å². The van der Waals surface area contributed by atoms with E-state index in [1.54, 1.807) is 18.2 Å². The molecule has 0 atom stereocenters. The molecule has 0 saturated carbocycles. The minimum atomic E-state index is 0.103. The van der Waals surface area contributed by atoms with Crippen molar-refractivity contribution in [1.29, 1.82) is 0 Å². The molecule has 0 fully saturated rings. The van der Waals surface area contributed by atoms with Crippen LogP contribution in [0, 0.1) is 0 Å². The summed E-state index contributed by atoms with van der Waals surface area (Å²) >= 11 is 12.1. The van der Waals surface area contributed by atoms with Gasteiger partial charge in [-0.25, -0.2) is 0 Å². The topological polar surface area (TPSA) is 17.1 Å². The summed E-state index contributed by atoms with van der Waals surface area (Å²) in [6.45, 7) is 0. The molecule has 2 aromatic rings. The van der Waals surface area contributed by atoms with Crippen molar-refractivity contribution in [3.8, 4) is 0 Å². The molecule has 2 aromatic carbocycles. The van der Waals surface area contributed by atoms with Crippen molar-refractivity contribution in [3.05, 3.63) is 69.7 Å². The number of carbonyl (C=O) groups excluding carboxylic acids is 1. The fraction of sp³-hybridized carbons (Fsp3) is 0.133. The van der Waals surface area contributed by atoms with Gasteiger partial charge in [0, 0.05) is 22.0 Å². The Morgan fingerprint density at radius 2 is 1.50 bits per heavy atom. The summed E-state index contributed by atoms with van der Waals surface area (Å²) in [5.41, 5.74) is 1.56. The molecule has 18 heavy (non-hydrogen) atoms. The summed E-state index contributed by atoms with van der Waals surface area (Å²) in [6.07, 6.45) is 0.972. The lowest BCUT2D eigenvalue weighted by atomic mass is 10.0. The molecule has 1 nitrogen and oxygen atoms in total. The SMILES string of the molecule is O=C(CCc1c(Cl)cccc1Cl)c1ccccc1. The average Bonchev–Trinajstić information content (AvgIpc) is 2.39. The predicted octanol–water partition coefficient (Wildman–Crippen LogP) is 4.81. The normalized spacial score (nSPS) is 10.3. The molecule has 2 rings (SSSR count). The molecule has 3 heteroatoms. The Hall–Kier alpha value is -1.31. The Morgan fingerprint density at radius 3 is 2.11 bits per heavy atom. The van der Waals surface area contributed by atoms with E-state index in [-0.39, 0.29) is 5.78 Å².